The molecule has 1 aromatic rings. The first-order valence-electron chi connectivity index (χ1n) is 12.6. The van der Waals surface area contributed by atoms with Gasteiger partial charge in [0.15, 0.2) is 5.79 Å². The van der Waals surface area contributed by atoms with Gasteiger partial charge in [-0.3, -0.25) is 4.84 Å². The van der Waals surface area contributed by atoms with E-state index in [4.69, 9.17) is 23.8 Å². The van der Waals surface area contributed by atoms with Crippen molar-refractivity contribution in [3.63, 3.8) is 0 Å². The summed E-state index contributed by atoms with van der Waals surface area (Å²) < 4.78 is 23.9. The maximum Gasteiger partial charge on any atom is 0.171 e. The molecule has 186 valence electrons. The van der Waals surface area contributed by atoms with Crippen molar-refractivity contribution < 1.29 is 23.8 Å². The molecule has 0 N–H and O–H groups in total. The molecular weight excluding hydrogens is 418 g/mol. The third kappa shape index (κ3) is 6.09. The molecule has 3 fully saturated rings. The molecular formula is C27H43NO5. The Bertz CT molecular complexity index is 758. The summed E-state index contributed by atoms with van der Waals surface area (Å²) in [6.07, 6.45) is 5.00. The van der Waals surface area contributed by atoms with E-state index in [1.165, 1.54) is 5.56 Å². The lowest BCUT2D eigenvalue weighted by atomic mass is 9.76. The fourth-order valence-corrected chi connectivity index (χ4v) is 5.70. The summed E-state index contributed by atoms with van der Waals surface area (Å²) in [7, 11) is 0. The van der Waals surface area contributed by atoms with Gasteiger partial charge in [0.1, 0.15) is 18.5 Å². The number of hydrogen-bond acceptors (Lipinski definition) is 6. The first-order valence-corrected chi connectivity index (χ1v) is 12.6. The Balaban J connectivity index is 1.31. The molecule has 6 heteroatoms. The van der Waals surface area contributed by atoms with Crippen LogP contribution in [0.2, 0.25) is 0 Å². The average molecular weight is 462 g/mol. The molecule has 1 unspecified atom stereocenters. The minimum Gasteiger partial charge on any atom is -0.491 e. The van der Waals surface area contributed by atoms with Gasteiger partial charge in [-0.2, -0.15) is 5.06 Å². The Morgan fingerprint density at radius 2 is 1.58 bits per heavy atom. The lowest BCUT2D eigenvalue weighted by Crippen LogP contribution is -2.68. The van der Waals surface area contributed by atoms with Crippen molar-refractivity contribution in [2.24, 2.45) is 5.41 Å². The van der Waals surface area contributed by atoms with E-state index in [1.807, 2.05) is 12.1 Å². The first-order chi connectivity index (χ1) is 15.5. The van der Waals surface area contributed by atoms with Crippen LogP contribution in [0.15, 0.2) is 24.3 Å². The molecule has 6 nitrogen and oxygen atoms in total. The second-order valence-electron chi connectivity index (χ2n) is 11.8. The van der Waals surface area contributed by atoms with Gasteiger partial charge in [-0.1, -0.05) is 32.4 Å². The van der Waals surface area contributed by atoms with Gasteiger partial charge in [0.2, 0.25) is 0 Å². The van der Waals surface area contributed by atoms with Crippen LogP contribution in [0.5, 0.6) is 5.75 Å². The van der Waals surface area contributed by atoms with Crippen LogP contribution < -0.4 is 4.74 Å². The van der Waals surface area contributed by atoms with Crippen molar-refractivity contribution in [1.29, 1.82) is 0 Å². The van der Waals surface area contributed by atoms with Gasteiger partial charge in [0.05, 0.1) is 26.4 Å². The number of epoxide rings is 1. The van der Waals surface area contributed by atoms with Gasteiger partial charge in [-0.25, -0.2) is 0 Å². The highest BCUT2D eigenvalue weighted by atomic mass is 16.7. The molecule has 4 rings (SSSR count). The van der Waals surface area contributed by atoms with Crippen molar-refractivity contribution in [1.82, 2.24) is 5.06 Å². The number of hydroxylamine groups is 2. The highest BCUT2D eigenvalue weighted by Crippen LogP contribution is 2.49. The topological polar surface area (TPSA) is 52.7 Å². The Kier molecular flexibility index (Phi) is 7.15. The third-order valence-corrected chi connectivity index (χ3v) is 7.10. The minimum absolute atomic E-state index is 0.119. The molecule has 0 amide bonds. The van der Waals surface area contributed by atoms with Crippen LogP contribution in [-0.4, -0.2) is 61.1 Å². The molecule has 1 aromatic carbocycles. The highest BCUT2D eigenvalue weighted by Gasteiger charge is 2.57. The molecule has 0 aromatic heterocycles. The predicted octanol–water partition coefficient (Wildman–Crippen LogP) is 5.14. The zero-order valence-electron chi connectivity index (χ0n) is 21.4. The van der Waals surface area contributed by atoms with Crippen molar-refractivity contribution in [3.05, 3.63) is 29.8 Å². The fourth-order valence-electron chi connectivity index (χ4n) is 5.70. The zero-order chi connectivity index (χ0) is 23.7. The van der Waals surface area contributed by atoms with Crippen LogP contribution in [0.25, 0.3) is 0 Å². The lowest BCUT2D eigenvalue weighted by molar-refractivity contribution is -0.381. The number of rotatable bonds is 9. The highest BCUT2D eigenvalue weighted by molar-refractivity contribution is 5.27. The van der Waals surface area contributed by atoms with E-state index < -0.39 is 5.79 Å². The van der Waals surface area contributed by atoms with Crippen LogP contribution in [0.1, 0.15) is 72.8 Å². The molecule has 3 heterocycles. The summed E-state index contributed by atoms with van der Waals surface area (Å²) in [5.41, 5.74) is 0.947. The molecule has 33 heavy (non-hydrogen) atoms. The number of ether oxygens (including phenoxy) is 4. The number of benzene rings is 1. The van der Waals surface area contributed by atoms with Crippen molar-refractivity contribution in [2.45, 2.75) is 96.6 Å². The molecule has 1 atom stereocenters. The van der Waals surface area contributed by atoms with Crippen LogP contribution in [0.3, 0.4) is 0 Å². The minimum atomic E-state index is -0.526. The molecule has 0 radical (unpaired) electrons. The van der Waals surface area contributed by atoms with Gasteiger partial charge in [-0.15, -0.1) is 0 Å². The Labute approximate surface area is 199 Å². The van der Waals surface area contributed by atoms with Gasteiger partial charge in [0, 0.05) is 29.3 Å². The van der Waals surface area contributed by atoms with E-state index in [-0.39, 0.29) is 22.6 Å². The third-order valence-electron chi connectivity index (χ3n) is 7.10. The molecule has 0 saturated carbocycles. The van der Waals surface area contributed by atoms with E-state index in [9.17, 15) is 0 Å². The normalized spacial score (nSPS) is 27.4. The molecule has 3 saturated heterocycles. The quantitative estimate of drug-likeness (QED) is 0.475. The van der Waals surface area contributed by atoms with Gasteiger partial charge in [0.25, 0.3) is 0 Å². The number of piperidine rings is 1. The molecule has 3 aliphatic rings. The first kappa shape index (κ1) is 24.9. The van der Waals surface area contributed by atoms with E-state index in [2.05, 4.69) is 58.7 Å². The predicted molar refractivity (Wildman–Crippen MR) is 128 cm³/mol. The summed E-state index contributed by atoms with van der Waals surface area (Å²) in [6, 6.07) is 8.29. The molecule has 0 bridgehead atoms. The van der Waals surface area contributed by atoms with Gasteiger partial charge in [-0.05, 0) is 58.2 Å². The average Bonchev–Trinajstić information content (AvgIpc) is 3.56. The molecule has 1 spiro atoms. The van der Waals surface area contributed by atoms with Crippen LogP contribution in [-0.2, 0) is 25.5 Å². The molecule has 0 aliphatic carbocycles. The fraction of sp³-hybridized carbons (Fsp3) is 0.778. The van der Waals surface area contributed by atoms with Gasteiger partial charge >= 0.3 is 0 Å². The van der Waals surface area contributed by atoms with E-state index in [0.717, 1.165) is 57.7 Å². The summed E-state index contributed by atoms with van der Waals surface area (Å²) in [5, 5.41) is 2.19. The van der Waals surface area contributed by atoms with E-state index >= 15 is 0 Å². The smallest absolute Gasteiger partial charge is 0.171 e. The number of hydrogen-bond donors (Lipinski definition) is 0. The van der Waals surface area contributed by atoms with E-state index in [0.29, 0.717) is 13.2 Å². The van der Waals surface area contributed by atoms with Crippen LogP contribution in [0, 0.1) is 5.41 Å². The van der Waals surface area contributed by atoms with Gasteiger partial charge < -0.3 is 18.9 Å². The van der Waals surface area contributed by atoms with Crippen molar-refractivity contribution in [2.75, 3.05) is 33.0 Å². The van der Waals surface area contributed by atoms with E-state index in [1.54, 1.807) is 0 Å². The monoisotopic (exact) mass is 461 g/mol. The maximum atomic E-state index is 6.49. The zero-order valence-corrected chi connectivity index (χ0v) is 21.4. The Hall–Kier alpha value is -1.18. The molecule has 3 aliphatic heterocycles. The standard InChI is InChI=1S/C27H43NO5/c1-7-13-26(6)19-31-27(32-20-26)17-24(2,3)28(25(4,5)18-27)33-14-12-21-8-10-22(11-9-21)29-15-23-16-30-23/h8-11,23H,7,12-20H2,1-6H3. The second-order valence-corrected chi connectivity index (χ2v) is 11.8. The summed E-state index contributed by atoms with van der Waals surface area (Å²) in [5.74, 6) is 0.364. The van der Waals surface area contributed by atoms with Crippen LogP contribution in [0.4, 0.5) is 0 Å². The summed E-state index contributed by atoms with van der Waals surface area (Å²) in [6.45, 7) is 17.0. The van der Waals surface area contributed by atoms with Crippen LogP contribution >= 0.6 is 0 Å². The summed E-state index contributed by atoms with van der Waals surface area (Å²) >= 11 is 0. The SMILES string of the molecule is CCCC1(C)COC2(CC(C)(C)N(OCCc3ccc(OCC4CO4)cc3)C(C)(C)C2)OC1. The van der Waals surface area contributed by atoms with Crippen molar-refractivity contribution >= 4 is 0 Å². The second kappa shape index (κ2) is 9.46. The Morgan fingerprint density at radius 3 is 2.12 bits per heavy atom. The van der Waals surface area contributed by atoms with Crippen molar-refractivity contribution in [3.8, 4) is 5.75 Å². The maximum absolute atomic E-state index is 6.49. The lowest BCUT2D eigenvalue weighted by Gasteiger charge is -2.59. The Morgan fingerprint density at radius 1 is 0.970 bits per heavy atom. The summed E-state index contributed by atoms with van der Waals surface area (Å²) in [4.78, 5) is 6.42. The largest absolute Gasteiger partial charge is 0.491 e. The number of nitrogens with zero attached hydrogens (tertiary/aromatic N) is 1.